The molecule has 1 amide bonds. The number of hydrogen-bond acceptors (Lipinski definition) is 8. The zero-order valence-corrected chi connectivity index (χ0v) is 25.3. The van der Waals surface area contributed by atoms with Gasteiger partial charge in [0.05, 0.1) is 25.0 Å². The molecule has 1 aromatic heterocycles. The lowest BCUT2D eigenvalue weighted by molar-refractivity contribution is 0.0197. The lowest BCUT2D eigenvalue weighted by Gasteiger charge is -2.26. The van der Waals surface area contributed by atoms with E-state index in [9.17, 15) is 14.7 Å². The molecule has 2 aromatic carbocycles. The van der Waals surface area contributed by atoms with Crippen molar-refractivity contribution < 1.29 is 24.2 Å². The van der Waals surface area contributed by atoms with Crippen molar-refractivity contribution in [3.63, 3.8) is 0 Å². The molecule has 0 radical (unpaired) electrons. The van der Waals surface area contributed by atoms with Crippen molar-refractivity contribution in [2.75, 3.05) is 51.0 Å². The van der Waals surface area contributed by atoms with Gasteiger partial charge < -0.3 is 14.6 Å². The molecule has 3 aromatic rings. The summed E-state index contributed by atoms with van der Waals surface area (Å²) in [6, 6.07) is 20.5. The van der Waals surface area contributed by atoms with E-state index >= 15 is 0 Å². The number of nitrogens with one attached hydrogen (secondary N) is 1. The minimum atomic E-state index is -0.505. The van der Waals surface area contributed by atoms with E-state index in [1.54, 1.807) is 17.1 Å². The zero-order valence-electron chi connectivity index (χ0n) is 24.5. The summed E-state index contributed by atoms with van der Waals surface area (Å²) in [5.74, 6) is -0.429. The molecule has 4 rings (SSSR count). The van der Waals surface area contributed by atoms with Crippen LogP contribution in [0.1, 0.15) is 75.6 Å². The van der Waals surface area contributed by atoms with Gasteiger partial charge in [-0.15, -0.1) is 11.3 Å². The molecule has 9 heteroatoms. The van der Waals surface area contributed by atoms with Crippen LogP contribution in [0.25, 0.3) is 0 Å². The molecule has 2 heterocycles. The fourth-order valence-electron chi connectivity index (χ4n) is 4.83. The van der Waals surface area contributed by atoms with Crippen molar-refractivity contribution in [2.24, 2.45) is 0 Å². The van der Waals surface area contributed by atoms with Gasteiger partial charge in [0, 0.05) is 36.6 Å². The molecule has 0 spiro atoms. The Hall–Kier alpha value is -3.08. The Kier molecular flexibility index (Phi) is 13.0. The summed E-state index contributed by atoms with van der Waals surface area (Å²) >= 11 is 1.46. The summed E-state index contributed by atoms with van der Waals surface area (Å²) in [6.45, 7) is 7.01. The number of esters is 1. The summed E-state index contributed by atoms with van der Waals surface area (Å²) in [5, 5.41) is 12.1. The SMILES string of the molecule is CCCCCC(O)c1ccc(N(NCCCc2ccc(C(=O)OCCN3CCOCC3)s2)C(=O)c2ccccc2)cc1. The second-order valence-corrected chi connectivity index (χ2v) is 11.6. The number of carbonyl (C=O) groups is 2. The number of aliphatic hydroxyl groups is 1. The summed E-state index contributed by atoms with van der Waals surface area (Å²) in [6.07, 6.45) is 4.98. The highest BCUT2D eigenvalue weighted by Gasteiger charge is 2.19. The highest BCUT2D eigenvalue weighted by molar-refractivity contribution is 7.13. The Bertz CT molecular complexity index is 1230. The van der Waals surface area contributed by atoms with Crippen LogP contribution in [0.3, 0.4) is 0 Å². The maximum Gasteiger partial charge on any atom is 0.348 e. The van der Waals surface area contributed by atoms with E-state index in [1.165, 1.54) is 11.3 Å². The zero-order chi connectivity index (χ0) is 29.6. The fraction of sp³-hybridized carbons (Fsp3) is 0.455. The third-order valence-corrected chi connectivity index (χ3v) is 8.44. The number of aryl methyl sites for hydroxylation is 1. The Morgan fingerprint density at radius 2 is 1.79 bits per heavy atom. The van der Waals surface area contributed by atoms with Gasteiger partial charge in [0.25, 0.3) is 5.91 Å². The van der Waals surface area contributed by atoms with Crippen molar-refractivity contribution in [2.45, 2.75) is 51.6 Å². The van der Waals surface area contributed by atoms with Crippen LogP contribution in [0.15, 0.2) is 66.7 Å². The molecule has 1 atom stereocenters. The van der Waals surface area contributed by atoms with Gasteiger partial charge in [-0.2, -0.15) is 0 Å². The predicted molar refractivity (Wildman–Crippen MR) is 167 cm³/mol. The van der Waals surface area contributed by atoms with E-state index in [0.717, 1.165) is 81.8 Å². The Labute approximate surface area is 253 Å². The Balaban J connectivity index is 1.29. The van der Waals surface area contributed by atoms with Gasteiger partial charge in [-0.05, 0) is 61.2 Å². The number of morpholine rings is 1. The second kappa shape index (κ2) is 17.1. The number of aliphatic hydroxyl groups excluding tert-OH is 1. The van der Waals surface area contributed by atoms with Crippen LogP contribution in [0.4, 0.5) is 5.69 Å². The van der Waals surface area contributed by atoms with Gasteiger partial charge in [-0.3, -0.25) is 9.69 Å². The van der Waals surface area contributed by atoms with Crippen molar-refractivity contribution in [1.82, 2.24) is 10.3 Å². The highest BCUT2D eigenvalue weighted by atomic mass is 32.1. The van der Waals surface area contributed by atoms with E-state index in [1.807, 2.05) is 54.6 Å². The molecular weight excluding hydrogens is 550 g/mol. The van der Waals surface area contributed by atoms with Crippen molar-refractivity contribution in [3.05, 3.63) is 87.6 Å². The molecule has 0 bridgehead atoms. The average molecular weight is 594 g/mol. The van der Waals surface area contributed by atoms with Gasteiger partial charge >= 0.3 is 5.97 Å². The number of unbranched alkanes of at least 4 members (excludes halogenated alkanes) is 2. The summed E-state index contributed by atoms with van der Waals surface area (Å²) in [5.41, 5.74) is 5.46. The molecule has 8 nitrogen and oxygen atoms in total. The minimum Gasteiger partial charge on any atom is -0.460 e. The van der Waals surface area contributed by atoms with Crippen LogP contribution in [0.5, 0.6) is 0 Å². The molecule has 1 saturated heterocycles. The van der Waals surface area contributed by atoms with Gasteiger partial charge in [-0.1, -0.05) is 56.5 Å². The van der Waals surface area contributed by atoms with E-state index < -0.39 is 6.10 Å². The maximum atomic E-state index is 13.4. The fourth-order valence-corrected chi connectivity index (χ4v) is 5.77. The van der Waals surface area contributed by atoms with Crippen LogP contribution in [0, 0.1) is 0 Å². The largest absolute Gasteiger partial charge is 0.460 e. The number of rotatable bonds is 16. The van der Waals surface area contributed by atoms with E-state index in [-0.39, 0.29) is 11.9 Å². The van der Waals surface area contributed by atoms with E-state index in [4.69, 9.17) is 9.47 Å². The van der Waals surface area contributed by atoms with Crippen LogP contribution < -0.4 is 10.4 Å². The maximum absolute atomic E-state index is 13.4. The van der Waals surface area contributed by atoms with Crippen molar-refractivity contribution in [1.29, 1.82) is 0 Å². The number of ether oxygens (including phenoxy) is 2. The topological polar surface area (TPSA) is 91.3 Å². The summed E-state index contributed by atoms with van der Waals surface area (Å²) < 4.78 is 10.8. The quantitative estimate of drug-likeness (QED) is 0.126. The first-order valence-electron chi connectivity index (χ1n) is 15.0. The van der Waals surface area contributed by atoms with Gasteiger partial charge in [0.15, 0.2) is 0 Å². The first kappa shape index (κ1) is 31.8. The molecule has 1 aliphatic rings. The van der Waals surface area contributed by atoms with E-state index in [0.29, 0.717) is 29.3 Å². The van der Waals surface area contributed by atoms with Crippen molar-refractivity contribution in [3.8, 4) is 0 Å². The van der Waals surface area contributed by atoms with E-state index in [2.05, 4.69) is 17.2 Å². The number of nitrogens with zero attached hydrogens (tertiary/aromatic N) is 2. The molecule has 226 valence electrons. The third-order valence-electron chi connectivity index (χ3n) is 7.32. The Morgan fingerprint density at radius 3 is 2.52 bits per heavy atom. The third kappa shape index (κ3) is 9.74. The molecule has 1 fully saturated rings. The van der Waals surface area contributed by atoms with Crippen LogP contribution >= 0.6 is 11.3 Å². The lowest BCUT2D eigenvalue weighted by Crippen LogP contribution is -2.43. The number of benzene rings is 2. The van der Waals surface area contributed by atoms with Crippen LogP contribution in [-0.4, -0.2) is 67.9 Å². The van der Waals surface area contributed by atoms with Gasteiger partial charge in [0.2, 0.25) is 0 Å². The molecule has 0 aliphatic carbocycles. The molecular formula is C33H43N3O5S. The van der Waals surface area contributed by atoms with Crippen molar-refractivity contribution >= 4 is 28.9 Å². The van der Waals surface area contributed by atoms with Crippen LogP contribution in [0.2, 0.25) is 0 Å². The number of hydrogen-bond donors (Lipinski definition) is 2. The monoisotopic (exact) mass is 593 g/mol. The number of anilines is 1. The normalized spacial score (nSPS) is 14.4. The standard InChI is InChI=1S/C33H43N3O5S/c1-2-3-5-12-30(37)26-13-15-28(16-14-26)36(32(38)27-9-6-4-7-10-27)34-19-8-11-29-17-18-31(42-29)33(39)41-25-22-35-20-23-40-24-21-35/h4,6-7,9-10,13-18,30,34,37H,2-3,5,8,11-12,19-25H2,1H3. The van der Waals surface area contributed by atoms with Gasteiger partial charge in [-0.25, -0.2) is 15.2 Å². The molecule has 2 N–H and O–H groups in total. The second-order valence-electron chi connectivity index (χ2n) is 10.5. The molecule has 0 saturated carbocycles. The highest BCUT2D eigenvalue weighted by Crippen LogP contribution is 2.24. The first-order valence-corrected chi connectivity index (χ1v) is 15.8. The van der Waals surface area contributed by atoms with Gasteiger partial charge in [0.1, 0.15) is 11.5 Å². The lowest BCUT2D eigenvalue weighted by atomic mass is 10.0. The smallest absolute Gasteiger partial charge is 0.348 e. The van der Waals surface area contributed by atoms with Crippen LogP contribution in [-0.2, 0) is 15.9 Å². The predicted octanol–water partition coefficient (Wildman–Crippen LogP) is 5.64. The molecule has 1 unspecified atom stereocenters. The minimum absolute atomic E-state index is 0.148. The molecule has 1 aliphatic heterocycles. The number of thiophene rings is 1. The summed E-state index contributed by atoms with van der Waals surface area (Å²) in [4.78, 5) is 29.9. The average Bonchev–Trinajstić information content (AvgIpc) is 3.51. The number of hydrazine groups is 1. The molecule has 42 heavy (non-hydrogen) atoms. The number of carbonyl (C=O) groups excluding carboxylic acids is 2. The summed E-state index contributed by atoms with van der Waals surface area (Å²) in [7, 11) is 0. The first-order chi connectivity index (χ1) is 20.5. The number of amides is 1. The Morgan fingerprint density at radius 1 is 1.02 bits per heavy atom.